The summed E-state index contributed by atoms with van der Waals surface area (Å²) in [5, 5.41) is 3.54. The lowest BCUT2D eigenvalue weighted by Gasteiger charge is -2.20. The summed E-state index contributed by atoms with van der Waals surface area (Å²) in [7, 11) is 0. The molecule has 1 aromatic carbocycles. The van der Waals surface area contributed by atoms with E-state index in [4.69, 9.17) is 0 Å². The minimum absolute atomic E-state index is 0.878. The van der Waals surface area contributed by atoms with Gasteiger partial charge in [0.2, 0.25) is 0 Å². The quantitative estimate of drug-likeness (QED) is 0.823. The predicted molar refractivity (Wildman–Crippen MR) is 71.2 cm³/mol. The summed E-state index contributed by atoms with van der Waals surface area (Å²) in [5.41, 5.74) is 5.62. The average molecular weight is 226 g/mol. The molecule has 0 amide bonds. The molecule has 2 heteroatoms. The third-order valence-electron chi connectivity index (χ3n) is 3.53. The Balaban J connectivity index is 1.78. The number of anilines is 1. The maximum Gasteiger partial charge on any atom is 0.0551 e. The molecule has 0 atom stereocenters. The van der Waals surface area contributed by atoms with Gasteiger partial charge in [0.05, 0.1) is 6.54 Å². The van der Waals surface area contributed by atoms with Gasteiger partial charge in [0.25, 0.3) is 0 Å². The smallest absolute Gasteiger partial charge is 0.0551 e. The molecule has 88 valence electrons. The lowest BCUT2D eigenvalue weighted by atomic mass is 9.90. The number of aromatic nitrogens is 1. The van der Waals surface area contributed by atoms with Gasteiger partial charge >= 0.3 is 0 Å². The maximum atomic E-state index is 3.54. The standard InChI is InChI=1S/C15H18N2/c1-2-8-14-12(5-1)6-3-9-15(14)17-11-13-7-4-10-16-13/h3-4,6-7,9-10,16-17H,1-2,5,8,11H2. The van der Waals surface area contributed by atoms with Crippen molar-refractivity contribution in [3.63, 3.8) is 0 Å². The minimum atomic E-state index is 0.878. The van der Waals surface area contributed by atoms with Crippen LogP contribution in [-0.4, -0.2) is 4.98 Å². The molecule has 3 rings (SSSR count). The molecule has 17 heavy (non-hydrogen) atoms. The van der Waals surface area contributed by atoms with Crippen LogP contribution in [0.5, 0.6) is 0 Å². The first-order chi connectivity index (χ1) is 8.43. The molecule has 0 bridgehead atoms. The van der Waals surface area contributed by atoms with Gasteiger partial charge in [0, 0.05) is 17.6 Å². The van der Waals surface area contributed by atoms with Crippen molar-refractivity contribution in [1.29, 1.82) is 0 Å². The summed E-state index contributed by atoms with van der Waals surface area (Å²) in [6, 6.07) is 10.8. The van der Waals surface area contributed by atoms with Crippen LogP contribution in [0.15, 0.2) is 36.5 Å². The fraction of sp³-hybridized carbons (Fsp3) is 0.333. The van der Waals surface area contributed by atoms with Crippen molar-refractivity contribution in [1.82, 2.24) is 4.98 Å². The number of benzene rings is 1. The summed E-state index contributed by atoms with van der Waals surface area (Å²) in [6.45, 7) is 0.878. The number of hydrogen-bond donors (Lipinski definition) is 2. The Bertz CT molecular complexity index is 486. The Morgan fingerprint density at radius 2 is 2.00 bits per heavy atom. The number of aryl methyl sites for hydroxylation is 1. The van der Waals surface area contributed by atoms with Crippen molar-refractivity contribution in [2.75, 3.05) is 5.32 Å². The van der Waals surface area contributed by atoms with Crippen LogP contribution in [0.4, 0.5) is 5.69 Å². The Morgan fingerprint density at radius 1 is 1.06 bits per heavy atom. The van der Waals surface area contributed by atoms with Crippen LogP contribution >= 0.6 is 0 Å². The van der Waals surface area contributed by atoms with Gasteiger partial charge in [0.15, 0.2) is 0 Å². The summed E-state index contributed by atoms with van der Waals surface area (Å²) in [6.07, 6.45) is 7.11. The topological polar surface area (TPSA) is 27.8 Å². The lowest BCUT2D eigenvalue weighted by molar-refractivity contribution is 0.686. The van der Waals surface area contributed by atoms with Crippen LogP contribution in [0.2, 0.25) is 0 Å². The monoisotopic (exact) mass is 226 g/mol. The van der Waals surface area contributed by atoms with Gasteiger partial charge in [0.1, 0.15) is 0 Å². The molecule has 2 N–H and O–H groups in total. The molecule has 0 spiro atoms. The van der Waals surface area contributed by atoms with Crippen molar-refractivity contribution in [2.24, 2.45) is 0 Å². The van der Waals surface area contributed by atoms with E-state index in [1.807, 2.05) is 12.3 Å². The second-order valence-corrected chi connectivity index (χ2v) is 4.70. The summed E-state index contributed by atoms with van der Waals surface area (Å²) >= 11 is 0. The van der Waals surface area contributed by atoms with E-state index in [1.54, 1.807) is 0 Å². The van der Waals surface area contributed by atoms with Crippen molar-refractivity contribution < 1.29 is 0 Å². The number of rotatable bonds is 3. The Kier molecular flexibility index (Phi) is 2.87. The summed E-state index contributed by atoms with van der Waals surface area (Å²) < 4.78 is 0. The third kappa shape index (κ3) is 2.21. The largest absolute Gasteiger partial charge is 0.379 e. The van der Waals surface area contributed by atoms with Crippen molar-refractivity contribution in [3.8, 4) is 0 Å². The normalized spacial score (nSPS) is 14.4. The number of H-pyrrole nitrogens is 1. The van der Waals surface area contributed by atoms with Crippen molar-refractivity contribution in [3.05, 3.63) is 53.3 Å². The highest BCUT2D eigenvalue weighted by molar-refractivity contribution is 5.55. The highest BCUT2D eigenvalue weighted by Crippen LogP contribution is 2.27. The number of hydrogen-bond acceptors (Lipinski definition) is 1. The lowest BCUT2D eigenvalue weighted by Crippen LogP contribution is -2.08. The molecule has 0 radical (unpaired) electrons. The second-order valence-electron chi connectivity index (χ2n) is 4.70. The molecule has 0 saturated carbocycles. The SMILES string of the molecule is c1c[nH]c(CNc2cccc3c2CCCC3)c1. The van der Waals surface area contributed by atoms with Crippen LogP contribution in [0.1, 0.15) is 29.7 Å². The molecule has 0 aliphatic heterocycles. The van der Waals surface area contributed by atoms with E-state index in [0.29, 0.717) is 0 Å². The molecule has 1 heterocycles. The van der Waals surface area contributed by atoms with Gasteiger partial charge in [-0.2, -0.15) is 0 Å². The van der Waals surface area contributed by atoms with Crippen LogP contribution in [0.3, 0.4) is 0 Å². The van der Waals surface area contributed by atoms with Crippen LogP contribution in [0, 0.1) is 0 Å². The van der Waals surface area contributed by atoms with Crippen molar-refractivity contribution in [2.45, 2.75) is 32.2 Å². The third-order valence-corrected chi connectivity index (χ3v) is 3.53. The van der Waals surface area contributed by atoms with E-state index in [0.717, 1.165) is 6.54 Å². The first kappa shape index (κ1) is 10.5. The zero-order valence-electron chi connectivity index (χ0n) is 10.00. The van der Waals surface area contributed by atoms with E-state index in [-0.39, 0.29) is 0 Å². The molecule has 0 fully saturated rings. The Morgan fingerprint density at radius 3 is 2.88 bits per heavy atom. The van der Waals surface area contributed by atoms with Crippen LogP contribution < -0.4 is 5.32 Å². The van der Waals surface area contributed by atoms with E-state index in [2.05, 4.69) is 34.6 Å². The van der Waals surface area contributed by atoms with Crippen molar-refractivity contribution >= 4 is 5.69 Å². The van der Waals surface area contributed by atoms with Gasteiger partial charge in [-0.25, -0.2) is 0 Å². The van der Waals surface area contributed by atoms with Crippen LogP contribution in [0.25, 0.3) is 0 Å². The Hall–Kier alpha value is -1.70. The number of aromatic amines is 1. The van der Waals surface area contributed by atoms with Gasteiger partial charge in [-0.15, -0.1) is 0 Å². The van der Waals surface area contributed by atoms with E-state index in [9.17, 15) is 0 Å². The number of nitrogens with one attached hydrogen (secondary N) is 2. The molecule has 1 aliphatic carbocycles. The first-order valence-corrected chi connectivity index (χ1v) is 6.40. The van der Waals surface area contributed by atoms with E-state index < -0.39 is 0 Å². The first-order valence-electron chi connectivity index (χ1n) is 6.40. The van der Waals surface area contributed by atoms with Gasteiger partial charge in [-0.3, -0.25) is 0 Å². The zero-order chi connectivity index (χ0) is 11.5. The van der Waals surface area contributed by atoms with Gasteiger partial charge < -0.3 is 10.3 Å². The molecule has 1 aromatic heterocycles. The van der Waals surface area contributed by atoms with E-state index >= 15 is 0 Å². The molecule has 2 nitrogen and oxygen atoms in total. The van der Waals surface area contributed by atoms with E-state index in [1.165, 1.54) is 48.2 Å². The molecule has 0 unspecified atom stereocenters. The fourth-order valence-corrected chi connectivity index (χ4v) is 2.61. The second kappa shape index (κ2) is 4.66. The molecular formula is C15H18N2. The summed E-state index contributed by atoms with van der Waals surface area (Å²) in [5.74, 6) is 0. The molecular weight excluding hydrogens is 208 g/mol. The zero-order valence-corrected chi connectivity index (χ0v) is 10.00. The molecule has 0 saturated heterocycles. The van der Waals surface area contributed by atoms with Crippen LogP contribution in [-0.2, 0) is 19.4 Å². The highest BCUT2D eigenvalue weighted by atomic mass is 14.9. The minimum Gasteiger partial charge on any atom is -0.379 e. The van der Waals surface area contributed by atoms with Gasteiger partial charge in [-0.05, 0) is 55.0 Å². The highest BCUT2D eigenvalue weighted by Gasteiger charge is 2.12. The Labute approximate surface area is 102 Å². The average Bonchev–Trinajstić information content (AvgIpc) is 2.89. The fourth-order valence-electron chi connectivity index (χ4n) is 2.61. The summed E-state index contributed by atoms with van der Waals surface area (Å²) in [4.78, 5) is 3.22. The predicted octanol–water partition coefficient (Wildman–Crippen LogP) is 3.51. The molecule has 2 aromatic rings. The molecule has 1 aliphatic rings. The van der Waals surface area contributed by atoms with Gasteiger partial charge in [-0.1, -0.05) is 12.1 Å². The maximum absolute atomic E-state index is 3.54. The number of fused-ring (bicyclic) bond motifs is 1.